The maximum atomic E-state index is 12.8. The summed E-state index contributed by atoms with van der Waals surface area (Å²) < 4.78 is 29.5. The molecule has 0 saturated heterocycles. The van der Waals surface area contributed by atoms with E-state index in [9.17, 15) is 18.5 Å². The van der Waals surface area contributed by atoms with E-state index in [1.165, 1.54) is 0 Å². The first-order valence-corrected chi connectivity index (χ1v) is 10.7. The Morgan fingerprint density at radius 1 is 0.867 bits per heavy atom. The first kappa shape index (κ1) is 21.8. The molecule has 0 saturated carbocycles. The molecule has 0 unspecified atom stereocenters. The number of non-ortho nitro benzene ring substituents is 1. The molecular formula is C20H15Cl2N3O4S. The minimum atomic E-state index is -4.11. The summed E-state index contributed by atoms with van der Waals surface area (Å²) >= 11 is 11.9. The molecule has 154 valence electrons. The van der Waals surface area contributed by atoms with Crippen LogP contribution in [0.2, 0.25) is 10.0 Å². The molecule has 0 aliphatic rings. The normalized spacial score (nSPS) is 11.9. The summed E-state index contributed by atoms with van der Waals surface area (Å²) in [6.45, 7) is 1.55. The van der Waals surface area contributed by atoms with Gasteiger partial charge in [-0.05, 0) is 67.6 Å². The van der Waals surface area contributed by atoms with Crippen molar-refractivity contribution in [3.8, 4) is 0 Å². The monoisotopic (exact) mass is 463 g/mol. The number of hydrogen-bond acceptors (Lipinski definition) is 4. The van der Waals surface area contributed by atoms with Crippen molar-refractivity contribution in [2.45, 2.75) is 11.8 Å². The quantitative estimate of drug-likeness (QED) is 0.205. The summed E-state index contributed by atoms with van der Waals surface area (Å²) in [7, 11) is -4.11. The van der Waals surface area contributed by atoms with E-state index in [1.54, 1.807) is 60.4 Å². The lowest BCUT2D eigenvalue weighted by atomic mass is 10.2. The largest absolute Gasteiger partial charge is 0.298 e. The number of nitro benzene ring substituents is 1. The molecule has 7 nitrogen and oxygen atoms in total. The second kappa shape index (κ2) is 8.83. The predicted octanol–water partition coefficient (Wildman–Crippen LogP) is 5.85. The molecule has 0 heterocycles. The Morgan fingerprint density at radius 2 is 1.30 bits per heavy atom. The highest BCUT2D eigenvalue weighted by atomic mass is 35.5. The molecule has 0 aliphatic heterocycles. The third-order valence-corrected chi connectivity index (χ3v) is 5.97. The Hall–Kier alpha value is -2.94. The summed E-state index contributed by atoms with van der Waals surface area (Å²) in [6.07, 6.45) is 0. The van der Waals surface area contributed by atoms with Gasteiger partial charge in [-0.1, -0.05) is 23.2 Å². The number of amidine groups is 1. The molecule has 0 amide bonds. The Morgan fingerprint density at radius 3 is 1.70 bits per heavy atom. The molecule has 30 heavy (non-hydrogen) atoms. The number of benzene rings is 3. The van der Waals surface area contributed by atoms with Crippen LogP contribution in [0, 0.1) is 10.1 Å². The second-order valence-electron chi connectivity index (χ2n) is 6.15. The van der Waals surface area contributed by atoms with Crippen molar-refractivity contribution in [1.82, 2.24) is 0 Å². The summed E-state index contributed by atoms with van der Waals surface area (Å²) in [5, 5.41) is 11.9. The topological polar surface area (TPSA) is 92.9 Å². The van der Waals surface area contributed by atoms with Crippen molar-refractivity contribution in [2.24, 2.45) is 4.40 Å². The van der Waals surface area contributed by atoms with Gasteiger partial charge in [-0.25, -0.2) is 0 Å². The van der Waals surface area contributed by atoms with Gasteiger partial charge in [-0.2, -0.15) is 8.42 Å². The zero-order valence-electron chi connectivity index (χ0n) is 15.6. The molecule has 3 aromatic carbocycles. The Balaban J connectivity index is 2.05. The lowest BCUT2D eigenvalue weighted by Gasteiger charge is -2.24. The van der Waals surface area contributed by atoms with Crippen molar-refractivity contribution in [2.75, 3.05) is 4.90 Å². The summed E-state index contributed by atoms with van der Waals surface area (Å²) in [5.74, 6) is 0.165. The highest BCUT2D eigenvalue weighted by Crippen LogP contribution is 2.29. The van der Waals surface area contributed by atoms with Gasteiger partial charge in [0.1, 0.15) is 5.84 Å². The molecule has 3 aromatic rings. The Labute approximate surface area is 183 Å². The van der Waals surface area contributed by atoms with Crippen LogP contribution in [0.1, 0.15) is 6.92 Å². The second-order valence-corrected chi connectivity index (χ2v) is 8.63. The highest BCUT2D eigenvalue weighted by Gasteiger charge is 2.19. The SMILES string of the molecule is C/C(=N\S(=O)(=O)c1ccc([N+](=O)[O-])cc1)N(c1ccc(Cl)cc1)c1ccc(Cl)cc1. The molecule has 0 spiro atoms. The van der Waals surface area contributed by atoms with Crippen LogP contribution in [0.4, 0.5) is 17.1 Å². The van der Waals surface area contributed by atoms with Gasteiger partial charge in [0.25, 0.3) is 15.7 Å². The molecule has 10 heteroatoms. The minimum Gasteiger partial charge on any atom is -0.298 e. The lowest BCUT2D eigenvalue weighted by molar-refractivity contribution is -0.384. The number of sulfonamides is 1. The van der Waals surface area contributed by atoms with Gasteiger partial charge < -0.3 is 0 Å². The number of nitro groups is 1. The average Bonchev–Trinajstić information content (AvgIpc) is 2.71. The van der Waals surface area contributed by atoms with Crippen LogP contribution in [0.3, 0.4) is 0 Å². The van der Waals surface area contributed by atoms with E-state index < -0.39 is 14.9 Å². The Bertz CT molecular complexity index is 1150. The van der Waals surface area contributed by atoms with Crippen LogP contribution in [-0.2, 0) is 10.0 Å². The summed E-state index contributed by atoms with van der Waals surface area (Å²) in [5.41, 5.74) is 1.07. The lowest BCUT2D eigenvalue weighted by Crippen LogP contribution is -2.24. The fourth-order valence-corrected chi connectivity index (χ4v) is 3.98. The van der Waals surface area contributed by atoms with E-state index in [4.69, 9.17) is 23.2 Å². The fraction of sp³-hybridized carbons (Fsp3) is 0.0500. The number of rotatable bonds is 5. The van der Waals surface area contributed by atoms with E-state index in [0.717, 1.165) is 24.3 Å². The number of halogens is 2. The maximum Gasteiger partial charge on any atom is 0.283 e. The van der Waals surface area contributed by atoms with Gasteiger partial charge in [0.05, 0.1) is 9.82 Å². The molecular weight excluding hydrogens is 449 g/mol. The molecule has 0 atom stereocenters. The van der Waals surface area contributed by atoms with Crippen LogP contribution in [0.25, 0.3) is 0 Å². The zero-order valence-corrected chi connectivity index (χ0v) is 17.9. The van der Waals surface area contributed by atoms with Crippen LogP contribution < -0.4 is 4.90 Å². The maximum absolute atomic E-state index is 12.8. The zero-order chi connectivity index (χ0) is 21.9. The summed E-state index contributed by atoms with van der Waals surface area (Å²) in [6, 6.07) is 18.2. The van der Waals surface area contributed by atoms with E-state index in [0.29, 0.717) is 21.4 Å². The minimum absolute atomic E-state index is 0.153. The van der Waals surface area contributed by atoms with Gasteiger partial charge in [-0.15, -0.1) is 4.40 Å². The van der Waals surface area contributed by atoms with E-state index in [2.05, 4.69) is 4.40 Å². The smallest absolute Gasteiger partial charge is 0.283 e. The van der Waals surface area contributed by atoms with Crippen molar-refractivity contribution >= 4 is 56.1 Å². The Kier molecular flexibility index (Phi) is 6.40. The van der Waals surface area contributed by atoms with Crippen LogP contribution in [0.15, 0.2) is 82.1 Å². The van der Waals surface area contributed by atoms with Gasteiger partial charge in [0.15, 0.2) is 0 Å². The van der Waals surface area contributed by atoms with Crippen molar-refractivity contribution < 1.29 is 13.3 Å². The van der Waals surface area contributed by atoms with E-state index >= 15 is 0 Å². The molecule has 0 N–H and O–H groups in total. The van der Waals surface area contributed by atoms with Gasteiger partial charge in [0, 0.05) is 33.6 Å². The predicted molar refractivity (Wildman–Crippen MR) is 118 cm³/mol. The van der Waals surface area contributed by atoms with Gasteiger partial charge in [-0.3, -0.25) is 15.0 Å². The first-order valence-electron chi connectivity index (χ1n) is 8.55. The molecule has 0 fully saturated rings. The van der Waals surface area contributed by atoms with Crippen molar-refractivity contribution in [3.05, 3.63) is 93.0 Å². The molecule has 0 bridgehead atoms. The number of nitrogens with zero attached hydrogens (tertiary/aromatic N) is 3. The van der Waals surface area contributed by atoms with E-state index in [1.807, 2.05) is 0 Å². The third-order valence-electron chi connectivity index (χ3n) is 4.09. The van der Waals surface area contributed by atoms with Crippen LogP contribution in [-0.4, -0.2) is 19.2 Å². The number of anilines is 2. The molecule has 0 aliphatic carbocycles. The average molecular weight is 464 g/mol. The third kappa shape index (κ3) is 4.96. The molecule has 3 rings (SSSR count). The first-order chi connectivity index (χ1) is 14.2. The van der Waals surface area contributed by atoms with Crippen molar-refractivity contribution in [1.29, 1.82) is 0 Å². The van der Waals surface area contributed by atoms with Gasteiger partial charge >= 0.3 is 0 Å². The van der Waals surface area contributed by atoms with Crippen LogP contribution >= 0.6 is 23.2 Å². The molecule has 0 radical (unpaired) electrons. The van der Waals surface area contributed by atoms with Gasteiger partial charge in [0.2, 0.25) is 0 Å². The van der Waals surface area contributed by atoms with Crippen molar-refractivity contribution in [3.63, 3.8) is 0 Å². The van der Waals surface area contributed by atoms with E-state index in [-0.39, 0.29) is 16.4 Å². The highest BCUT2D eigenvalue weighted by molar-refractivity contribution is 7.90. The standard InChI is InChI=1S/C20H15Cl2N3O4S/c1-14(23-30(28,29)20-12-10-19(11-13-20)25(26)27)24(17-6-2-15(21)3-7-17)18-8-4-16(22)5-9-18/h2-13H,1H3/b23-14+. The summed E-state index contributed by atoms with van der Waals surface area (Å²) in [4.78, 5) is 11.7. The fourth-order valence-electron chi connectivity index (χ4n) is 2.71. The van der Waals surface area contributed by atoms with Crippen LogP contribution in [0.5, 0.6) is 0 Å². The molecule has 0 aromatic heterocycles. The number of hydrogen-bond donors (Lipinski definition) is 0.